The van der Waals surface area contributed by atoms with Gasteiger partial charge >= 0.3 is 7.12 Å². The van der Waals surface area contributed by atoms with Crippen LogP contribution in [0.2, 0.25) is 0 Å². The third-order valence-electron chi connectivity index (χ3n) is 4.76. The maximum Gasteiger partial charge on any atom is 0.494 e. The molecule has 0 N–H and O–H groups in total. The maximum atomic E-state index is 6.08. The third kappa shape index (κ3) is 3.65. The highest BCUT2D eigenvalue weighted by molar-refractivity contribution is 6.62. The van der Waals surface area contributed by atoms with Crippen molar-refractivity contribution in [3.63, 3.8) is 0 Å². The number of nitrogens with zero attached hydrogens (tertiary/aromatic N) is 1. The van der Waals surface area contributed by atoms with Gasteiger partial charge in [0.1, 0.15) is 12.4 Å². The Bertz CT molecular complexity index is 500. The van der Waals surface area contributed by atoms with Gasteiger partial charge in [0.25, 0.3) is 0 Å². The van der Waals surface area contributed by atoms with Gasteiger partial charge in [0, 0.05) is 6.04 Å². The molecule has 0 amide bonds. The van der Waals surface area contributed by atoms with Crippen molar-refractivity contribution in [2.24, 2.45) is 0 Å². The summed E-state index contributed by atoms with van der Waals surface area (Å²) in [7, 11) is 3.75. The summed E-state index contributed by atoms with van der Waals surface area (Å²) < 4.78 is 18.0. The summed E-state index contributed by atoms with van der Waals surface area (Å²) in [6.07, 6.45) is 0. The largest absolute Gasteiger partial charge is 0.494 e. The van der Waals surface area contributed by atoms with E-state index in [1.54, 1.807) is 0 Å². The van der Waals surface area contributed by atoms with Gasteiger partial charge in [-0.1, -0.05) is 12.1 Å². The number of rotatable bonds is 5. The van der Waals surface area contributed by atoms with E-state index in [4.69, 9.17) is 14.0 Å². The molecule has 1 atom stereocenters. The fraction of sp³-hybridized carbons (Fsp3) is 0.647. The number of likely N-dealkylation sites (N-methyl/N-ethyl adjacent to an activating group) is 1. The van der Waals surface area contributed by atoms with Crippen LogP contribution < -0.4 is 10.2 Å². The van der Waals surface area contributed by atoms with E-state index < -0.39 is 0 Å². The van der Waals surface area contributed by atoms with Gasteiger partial charge in [-0.25, -0.2) is 0 Å². The number of hydrogen-bond acceptors (Lipinski definition) is 4. The zero-order valence-electron chi connectivity index (χ0n) is 14.8. The monoisotopic (exact) mass is 305 g/mol. The van der Waals surface area contributed by atoms with E-state index in [2.05, 4.69) is 53.6 Å². The highest BCUT2D eigenvalue weighted by atomic mass is 16.7. The summed E-state index contributed by atoms with van der Waals surface area (Å²) in [5.74, 6) is 0.848. The smallest absolute Gasteiger partial charge is 0.492 e. The molecule has 22 heavy (non-hydrogen) atoms. The zero-order valence-corrected chi connectivity index (χ0v) is 14.8. The van der Waals surface area contributed by atoms with Crippen molar-refractivity contribution in [3.8, 4) is 5.75 Å². The summed E-state index contributed by atoms with van der Waals surface area (Å²) in [4.78, 5) is 2.14. The maximum absolute atomic E-state index is 6.08. The van der Waals surface area contributed by atoms with Crippen molar-refractivity contribution in [3.05, 3.63) is 24.3 Å². The molecule has 5 heteroatoms. The summed E-state index contributed by atoms with van der Waals surface area (Å²) in [5.41, 5.74) is 0.343. The standard InChI is InChI=1S/C17H28BNO3/c1-13(19(6)7)12-20-15-10-8-9-14(11-15)18-21-16(2,3)17(4,5)22-18/h8-11,13H,12H2,1-7H3/t13-/m0/s1. The molecule has 0 spiro atoms. The Morgan fingerprint density at radius 1 is 1.14 bits per heavy atom. The molecule has 0 radical (unpaired) electrons. The van der Waals surface area contributed by atoms with Crippen LogP contribution in [0.3, 0.4) is 0 Å². The normalized spacial score (nSPS) is 21.2. The molecule has 122 valence electrons. The van der Waals surface area contributed by atoms with E-state index in [1.165, 1.54) is 0 Å². The fourth-order valence-corrected chi connectivity index (χ4v) is 2.10. The topological polar surface area (TPSA) is 30.9 Å². The average molecular weight is 305 g/mol. The lowest BCUT2D eigenvalue weighted by Crippen LogP contribution is -2.41. The summed E-state index contributed by atoms with van der Waals surface area (Å²) in [5, 5.41) is 0. The minimum absolute atomic E-state index is 0.325. The van der Waals surface area contributed by atoms with Crippen molar-refractivity contribution in [2.75, 3.05) is 20.7 Å². The second kappa shape index (κ2) is 6.22. The SMILES string of the molecule is C[C@@H](COc1cccc(B2OC(C)(C)C(C)(C)O2)c1)N(C)C. The van der Waals surface area contributed by atoms with Crippen molar-refractivity contribution in [1.29, 1.82) is 0 Å². The van der Waals surface area contributed by atoms with E-state index >= 15 is 0 Å². The molecule has 0 aromatic heterocycles. The molecule has 0 saturated carbocycles. The molecule has 4 nitrogen and oxygen atoms in total. The Morgan fingerprint density at radius 3 is 2.27 bits per heavy atom. The van der Waals surface area contributed by atoms with Crippen LogP contribution in [0.5, 0.6) is 5.75 Å². The molecule has 1 heterocycles. The Morgan fingerprint density at radius 2 is 1.73 bits per heavy atom. The van der Waals surface area contributed by atoms with Crippen LogP contribution in [-0.2, 0) is 9.31 Å². The molecular weight excluding hydrogens is 277 g/mol. The minimum atomic E-state index is -0.347. The van der Waals surface area contributed by atoms with Gasteiger partial charge in [0.15, 0.2) is 0 Å². The molecular formula is C17H28BNO3. The summed E-state index contributed by atoms with van der Waals surface area (Å²) in [6, 6.07) is 8.34. The van der Waals surface area contributed by atoms with Crippen LogP contribution in [0.15, 0.2) is 24.3 Å². The first-order valence-electron chi connectivity index (χ1n) is 7.87. The van der Waals surface area contributed by atoms with Crippen molar-refractivity contribution >= 4 is 12.6 Å². The second-order valence-corrected chi connectivity index (χ2v) is 7.28. The van der Waals surface area contributed by atoms with Gasteiger partial charge in [-0.3, -0.25) is 0 Å². The van der Waals surface area contributed by atoms with Crippen LogP contribution in [0.25, 0.3) is 0 Å². The van der Waals surface area contributed by atoms with Gasteiger partial charge in [-0.2, -0.15) is 0 Å². The molecule has 1 aromatic rings. The Labute approximate surface area is 134 Å². The highest BCUT2D eigenvalue weighted by Gasteiger charge is 2.51. The molecule has 2 rings (SSSR count). The van der Waals surface area contributed by atoms with Crippen LogP contribution >= 0.6 is 0 Å². The molecule has 1 aromatic carbocycles. The first-order valence-corrected chi connectivity index (χ1v) is 7.87. The van der Waals surface area contributed by atoms with Crippen molar-refractivity contribution in [2.45, 2.75) is 51.9 Å². The first-order chi connectivity index (χ1) is 10.1. The van der Waals surface area contributed by atoms with Crippen molar-refractivity contribution < 1.29 is 14.0 Å². The molecule has 0 aliphatic carbocycles. The fourth-order valence-electron chi connectivity index (χ4n) is 2.10. The lowest BCUT2D eigenvalue weighted by molar-refractivity contribution is 0.00578. The number of ether oxygens (including phenoxy) is 1. The molecule has 1 fully saturated rings. The zero-order chi connectivity index (χ0) is 16.5. The van der Waals surface area contributed by atoms with Gasteiger partial charge in [-0.05, 0) is 66.3 Å². The predicted octanol–water partition coefficient (Wildman–Crippen LogP) is 2.31. The summed E-state index contributed by atoms with van der Waals surface area (Å²) >= 11 is 0. The average Bonchev–Trinajstić information content (AvgIpc) is 2.65. The lowest BCUT2D eigenvalue weighted by Gasteiger charge is -2.32. The highest BCUT2D eigenvalue weighted by Crippen LogP contribution is 2.36. The second-order valence-electron chi connectivity index (χ2n) is 7.28. The first kappa shape index (κ1) is 17.3. The molecule has 0 bridgehead atoms. The molecule has 1 saturated heterocycles. The molecule has 1 aliphatic heterocycles. The van der Waals surface area contributed by atoms with Gasteiger partial charge in [-0.15, -0.1) is 0 Å². The quantitative estimate of drug-likeness (QED) is 0.781. The van der Waals surface area contributed by atoms with Gasteiger partial charge in [0.2, 0.25) is 0 Å². The van der Waals surface area contributed by atoms with E-state index in [0.717, 1.165) is 11.2 Å². The summed E-state index contributed by atoms with van der Waals surface area (Å²) in [6.45, 7) is 11.0. The number of benzene rings is 1. The van der Waals surface area contributed by atoms with E-state index in [1.807, 2.05) is 24.3 Å². The molecule has 1 aliphatic rings. The van der Waals surface area contributed by atoms with E-state index in [9.17, 15) is 0 Å². The van der Waals surface area contributed by atoms with Crippen LogP contribution in [0.4, 0.5) is 0 Å². The minimum Gasteiger partial charge on any atom is -0.492 e. The van der Waals surface area contributed by atoms with Crippen molar-refractivity contribution in [1.82, 2.24) is 4.90 Å². The lowest BCUT2D eigenvalue weighted by atomic mass is 9.79. The van der Waals surface area contributed by atoms with Crippen LogP contribution in [0.1, 0.15) is 34.6 Å². The Kier molecular flexibility index (Phi) is 4.90. The van der Waals surface area contributed by atoms with E-state index in [0.29, 0.717) is 12.6 Å². The van der Waals surface area contributed by atoms with Gasteiger partial charge in [0.05, 0.1) is 11.2 Å². The third-order valence-corrected chi connectivity index (χ3v) is 4.76. The Balaban J connectivity index is 2.07. The predicted molar refractivity (Wildman–Crippen MR) is 90.8 cm³/mol. The van der Waals surface area contributed by atoms with Crippen LogP contribution in [-0.4, -0.2) is 50.0 Å². The number of hydrogen-bond donors (Lipinski definition) is 0. The van der Waals surface area contributed by atoms with Crippen LogP contribution in [0, 0.1) is 0 Å². The Hall–Kier alpha value is -1.04. The van der Waals surface area contributed by atoms with Gasteiger partial charge < -0.3 is 18.9 Å². The van der Waals surface area contributed by atoms with E-state index in [-0.39, 0.29) is 18.3 Å². The molecule has 0 unspecified atom stereocenters.